The molecule has 12 heavy (non-hydrogen) atoms. The summed E-state index contributed by atoms with van der Waals surface area (Å²) in [4.78, 5) is 3.51. The standard InChI is InChI=1S/C6H2Cl2F2IN/c7-3-4(11)2(6(9)10)1-12-5(3)8/h1,6H. The van der Waals surface area contributed by atoms with Crippen LogP contribution in [-0.2, 0) is 0 Å². The number of aromatic nitrogens is 1. The first-order chi connectivity index (χ1) is 5.54. The highest BCUT2D eigenvalue weighted by Crippen LogP contribution is 2.32. The zero-order valence-corrected chi connectivity index (χ0v) is 9.16. The average Bonchev–Trinajstić information content (AvgIpc) is 2.00. The second-order valence-electron chi connectivity index (χ2n) is 1.93. The van der Waals surface area contributed by atoms with E-state index in [9.17, 15) is 8.78 Å². The van der Waals surface area contributed by atoms with Crippen LogP contribution in [0, 0.1) is 3.57 Å². The summed E-state index contributed by atoms with van der Waals surface area (Å²) in [5.74, 6) is 0. The van der Waals surface area contributed by atoms with Gasteiger partial charge in [-0.1, -0.05) is 23.2 Å². The van der Waals surface area contributed by atoms with E-state index in [1.54, 1.807) is 22.6 Å². The van der Waals surface area contributed by atoms with Gasteiger partial charge in [-0.05, 0) is 22.6 Å². The molecule has 0 amide bonds. The van der Waals surface area contributed by atoms with E-state index in [1.165, 1.54) is 0 Å². The molecule has 1 rings (SSSR count). The van der Waals surface area contributed by atoms with Gasteiger partial charge in [-0.25, -0.2) is 13.8 Å². The maximum atomic E-state index is 12.2. The molecule has 1 heterocycles. The molecule has 1 aromatic rings. The molecule has 0 bridgehead atoms. The van der Waals surface area contributed by atoms with Crippen molar-refractivity contribution in [1.82, 2.24) is 4.98 Å². The van der Waals surface area contributed by atoms with E-state index < -0.39 is 6.43 Å². The summed E-state index contributed by atoms with van der Waals surface area (Å²) in [6, 6.07) is 0. The van der Waals surface area contributed by atoms with E-state index in [0.717, 1.165) is 6.20 Å². The minimum absolute atomic E-state index is 0.0467. The minimum Gasteiger partial charge on any atom is -0.242 e. The van der Waals surface area contributed by atoms with Gasteiger partial charge in [0.15, 0.2) is 0 Å². The van der Waals surface area contributed by atoms with E-state index in [0.29, 0.717) is 0 Å². The lowest BCUT2D eigenvalue weighted by Crippen LogP contribution is -1.92. The quantitative estimate of drug-likeness (QED) is 0.563. The van der Waals surface area contributed by atoms with E-state index in [4.69, 9.17) is 23.2 Å². The van der Waals surface area contributed by atoms with Crippen molar-refractivity contribution in [3.05, 3.63) is 25.5 Å². The fourth-order valence-electron chi connectivity index (χ4n) is 0.609. The monoisotopic (exact) mass is 323 g/mol. The Morgan fingerprint density at radius 2 is 2.00 bits per heavy atom. The number of nitrogens with zero attached hydrogens (tertiary/aromatic N) is 1. The Balaban J connectivity index is 3.27. The van der Waals surface area contributed by atoms with Crippen molar-refractivity contribution in [1.29, 1.82) is 0 Å². The molecule has 0 saturated carbocycles. The van der Waals surface area contributed by atoms with Gasteiger partial charge < -0.3 is 0 Å². The number of hydrogen-bond acceptors (Lipinski definition) is 1. The molecule has 1 nitrogen and oxygen atoms in total. The van der Waals surface area contributed by atoms with Gasteiger partial charge in [-0.2, -0.15) is 0 Å². The molecule has 6 heteroatoms. The number of rotatable bonds is 1. The smallest absolute Gasteiger partial charge is 0.242 e. The fourth-order valence-corrected chi connectivity index (χ4v) is 1.70. The summed E-state index contributed by atoms with van der Waals surface area (Å²) in [5, 5.41) is 0.125. The Kier molecular flexibility index (Phi) is 3.48. The summed E-state index contributed by atoms with van der Waals surface area (Å²) < 4.78 is 24.6. The molecular weight excluding hydrogens is 322 g/mol. The van der Waals surface area contributed by atoms with Gasteiger partial charge in [0.2, 0.25) is 0 Å². The molecule has 0 aliphatic heterocycles. The number of pyridine rings is 1. The van der Waals surface area contributed by atoms with Gasteiger partial charge >= 0.3 is 0 Å². The van der Waals surface area contributed by atoms with Crippen molar-refractivity contribution >= 4 is 45.8 Å². The summed E-state index contributed by atoms with van der Waals surface area (Å²) in [7, 11) is 0. The van der Waals surface area contributed by atoms with Crippen LogP contribution in [0.3, 0.4) is 0 Å². The van der Waals surface area contributed by atoms with Crippen molar-refractivity contribution in [2.45, 2.75) is 6.43 Å². The van der Waals surface area contributed by atoms with Crippen LogP contribution in [0.15, 0.2) is 6.20 Å². The van der Waals surface area contributed by atoms with Crippen molar-refractivity contribution in [3.63, 3.8) is 0 Å². The van der Waals surface area contributed by atoms with Crippen LogP contribution in [0.25, 0.3) is 0 Å². The molecule has 0 radical (unpaired) electrons. The van der Waals surface area contributed by atoms with Gasteiger partial charge in [0.05, 0.1) is 10.6 Å². The van der Waals surface area contributed by atoms with Crippen LogP contribution in [0.4, 0.5) is 8.78 Å². The Labute approximate surface area is 91.2 Å². The summed E-state index contributed by atoms with van der Waals surface area (Å²) in [6.45, 7) is 0. The highest BCUT2D eigenvalue weighted by atomic mass is 127. The van der Waals surface area contributed by atoms with Gasteiger partial charge in [0, 0.05) is 9.77 Å². The third-order valence-corrected chi connectivity index (χ3v) is 3.41. The van der Waals surface area contributed by atoms with Crippen molar-refractivity contribution in [2.24, 2.45) is 0 Å². The predicted octanol–water partition coefficient (Wildman–Crippen LogP) is 3.93. The predicted molar refractivity (Wildman–Crippen MR) is 51.9 cm³/mol. The molecule has 0 aliphatic rings. The van der Waals surface area contributed by atoms with Gasteiger partial charge in [-0.15, -0.1) is 0 Å². The second kappa shape index (κ2) is 4.02. The molecule has 0 N–H and O–H groups in total. The molecule has 1 aromatic heterocycles. The van der Waals surface area contributed by atoms with Crippen LogP contribution in [0.5, 0.6) is 0 Å². The van der Waals surface area contributed by atoms with Crippen LogP contribution in [-0.4, -0.2) is 4.98 Å². The fraction of sp³-hybridized carbons (Fsp3) is 0.167. The Bertz CT molecular complexity index is 306. The third-order valence-electron chi connectivity index (χ3n) is 1.18. The molecular formula is C6H2Cl2F2IN. The van der Waals surface area contributed by atoms with Crippen LogP contribution in [0.1, 0.15) is 12.0 Å². The summed E-state index contributed by atoms with van der Waals surface area (Å²) >= 11 is 12.8. The molecule has 0 fully saturated rings. The average molecular weight is 324 g/mol. The maximum Gasteiger partial charge on any atom is 0.266 e. The van der Waals surface area contributed by atoms with E-state index in [-0.39, 0.29) is 19.3 Å². The Hall–Kier alpha value is 0.320. The molecule has 66 valence electrons. The SMILES string of the molecule is FC(F)c1cnc(Cl)c(Cl)c1I. The Morgan fingerprint density at radius 3 is 2.50 bits per heavy atom. The lowest BCUT2D eigenvalue weighted by Gasteiger charge is -2.04. The molecule has 0 unspecified atom stereocenters. The molecule has 0 saturated heterocycles. The van der Waals surface area contributed by atoms with Crippen LogP contribution < -0.4 is 0 Å². The number of halogens is 5. The highest BCUT2D eigenvalue weighted by Gasteiger charge is 2.16. The van der Waals surface area contributed by atoms with Gasteiger partial charge in [0.1, 0.15) is 5.15 Å². The summed E-state index contributed by atoms with van der Waals surface area (Å²) in [5.41, 5.74) is -0.190. The zero-order valence-electron chi connectivity index (χ0n) is 5.49. The summed E-state index contributed by atoms with van der Waals surface area (Å²) in [6.07, 6.45) is -1.54. The first-order valence-electron chi connectivity index (χ1n) is 2.81. The maximum absolute atomic E-state index is 12.2. The zero-order chi connectivity index (χ0) is 9.30. The van der Waals surface area contributed by atoms with E-state index in [1.807, 2.05) is 0 Å². The number of alkyl halides is 2. The lowest BCUT2D eigenvalue weighted by atomic mass is 10.3. The molecule has 0 aliphatic carbocycles. The molecule has 0 aromatic carbocycles. The van der Waals surface area contributed by atoms with Crippen LogP contribution in [0.2, 0.25) is 10.2 Å². The lowest BCUT2D eigenvalue weighted by molar-refractivity contribution is 0.150. The van der Waals surface area contributed by atoms with Gasteiger partial charge in [0.25, 0.3) is 6.43 Å². The molecule has 0 spiro atoms. The third kappa shape index (κ3) is 1.97. The van der Waals surface area contributed by atoms with Crippen molar-refractivity contribution in [2.75, 3.05) is 0 Å². The van der Waals surface area contributed by atoms with E-state index in [2.05, 4.69) is 4.98 Å². The first-order valence-corrected chi connectivity index (χ1v) is 4.65. The van der Waals surface area contributed by atoms with E-state index >= 15 is 0 Å². The van der Waals surface area contributed by atoms with Crippen molar-refractivity contribution in [3.8, 4) is 0 Å². The normalized spacial score (nSPS) is 10.8. The second-order valence-corrected chi connectivity index (χ2v) is 3.75. The highest BCUT2D eigenvalue weighted by molar-refractivity contribution is 14.1. The Morgan fingerprint density at radius 1 is 1.42 bits per heavy atom. The number of hydrogen-bond donors (Lipinski definition) is 0. The topological polar surface area (TPSA) is 12.9 Å². The molecule has 0 atom stereocenters. The van der Waals surface area contributed by atoms with Crippen molar-refractivity contribution < 1.29 is 8.78 Å². The van der Waals surface area contributed by atoms with Gasteiger partial charge in [-0.3, -0.25) is 0 Å². The first kappa shape index (κ1) is 10.4. The minimum atomic E-state index is -2.57. The van der Waals surface area contributed by atoms with Crippen LogP contribution >= 0.6 is 45.8 Å². The largest absolute Gasteiger partial charge is 0.266 e.